The van der Waals surface area contributed by atoms with Gasteiger partial charge in [-0.15, -0.1) is 0 Å². The third-order valence-electron chi connectivity index (χ3n) is 4.51. The summed E-state index contributed by atoms with van der Waals surface area (Å²) >= 11 is 0. The van der Waals surface area contributed by atoms with Gasteiger partial charge in [0.1, 0.15) is 0 Å². The first-order chi connectivity index (χ1) is 10.3. The topological polar surface area (TPSA) is 65.9 Å². The second-order valence-corrected chi connectivity index (χ2v) is 6.25. The number of nitrogens with one attached hydrogen (secondary N) is 2. The van der Waals surface area contributed by atoms with Gasteiger partial charge in [-0.05, 0) is 44.9 Å². The molecule has 4 atom stereocenters. The van der Waals surface area contributed by atoms with Gasteiger partial charge in [-0.2, -0.15) is 0 Å². The van der Waals surface area contributed by atoms with Crippen molar-refractivity contribution >= 4 is 5.96 Å². The number of hydrogen-bond acceptors (Lipinski definition) is 3. The number of nitrogens with zero attached hydrogens (tertiary/aromatic N) is 1. The van der Waals surface area contributed by atoms with Crippen molar-refractivity contribution in [1.29, 1.82) is 0 Å². The summed E-state index contributed by atoms with van der Waals surface area (Å²) in [5, 5.41) is 16.0. The van der Waals surface area contributed by atoms with Crippen LogP contribution in [0, 0.1) is 5.92 Å². The molecule has 2 heterocycles. The van der Waals surface area contributed by atoms with E-state index in [4.69, 9.17) is 14.8 Å². The van der Waals surface area contributed by atoms with Gasteiger partial charge in [0.05, 0.1) is 18.2 Å². The lowest BCUT2D eigenvalue weighted by Gasteiger charge is -2.23. The quantitative estimate of drug-likeness (QED) is 0.471. The van der Waals surface area contributed by atoms with Crippen LogP contribution in [0.3, 0.4) is 0 Å². The summed E-state index contributed by atoms with van der Waals surface area (Å²) in [7, 11) is 0. The fourth-order valence-corrected chi connectivity index (χ4v) is 3.42. The van der Waals surface area contributed by atoms with Crippen LogP contribution in [0.25, 0.3) is 0 Å². The number of fused-ring (bicyclic) bond motifs is 2. The molecule has 122 valence electrons. The lowest BCUT2D eigenvalue weighted by Crippen LogP contribution is -2.47. The zero-order valence-corrected chi connectivity index (χ0v) is 13.5. The normalized spacial score (nSPS) is 29.7. The summed E-state index contributed by atoms with van der Waals surface area (Å²) in [6.07, 6.45) is 7.42. The maximum Gasteiger partial charge on any atom is 0.191 e. The van der Waals surface area contributed by atoms with Gasteiger partial charge in [-0.1, -0.05) is 13.3 Å². The third kappa shape index (κ3) is 4.85. The molecule has 2 rings (SSSR count). The van der Waals surface area contributed by atoms with Crippen molar-refractivity contribution < 1.29 is 9.84 Å². The Bertz CT molecular complexity index is 329. The van der Waals surface area contributed by atoms with E-state index < -0.39 is 0 Å². The average Bonchev–Trinajstić information content (AvgIpc) is 3.08. The molecule has 0 aromatic rings. The molecule has 21 heavy (non-hydrogen) atoms. The molecule has 4 unspecified atom stereocenters. The number of ether oxygens (including phenoxy) is 1. The van der Waals surface area contributed by atoms with E-state index in [-0.39, 0.29) is 6.61 Å². The Kier molecular flexibility index (Phi) is 6.77. The van der Waals surface area contributed by atoms with Crippen LogP contribution in [0.5, 0.6) is 0 Å². The summed E-state index contributed by atoms with van der Waals surface area (Å²) in [6, 6.07) is 0.406. The highest BCUT2D eigenvalue weighted by atomic mass is 16.5. The molecule has 5 heteroatoms. The van der Waals surface area contributed by atoms with Crippen LogP contribution in [0.15, 0.2) is 4.99 Å². The Morgan fingerprint density at radius 3 is 2.76 bits per heavy atom. The van der Waals surface area contributed by atoms with Crippen LogP contribution < -0.4 is 10.6 Å². The van der Waals surface area contributed by atoms with Gasteiger partial charge >= 0.3 is 0 Å². The molecule has 2 aliphatic heterocycles. The van der Waals surface area contributed by atoms with Gasteiger partial charge in [-0.3, -0.25) is 4.99 Å². The second-order valence-electron chi connectivity index (χ2n) is 6.25. The standard InChI is InChI=1S/C16H31N3O2/c1-3-5-12(8-9-20)11-18-16(17-4-2)19-14-10-13-6-7-15(14)21-13/h12-15,20H,3-11H2,1-2H3,(H2,17,18,19). The molecule has 0 spiro atoms. The third-order valence-corrected chi connectivity index (χ3v) is 4.51. The summed E-state index contributed by atoms with van der Waals surface area (Å²) in [4.78, 5) is 4.73. The van der Waals surface area contributed by atoms with Crippen molar-refractivity contribution in [3.63, 3.8) is 0 Å². The number of hydrogen-bond donors (Lipinski definition) is 3. The van der Waals surface area contributed by atoms with E-state index >= 15 is 0 Å². The molecule has 2 bridgehead atoms. The predicted octanol–water partition coefficient (Wildman–Crippen LogP) is 1.66. The van der Waals surface area contributed by atoms with Crippen LogP contribution in [-0.4, -0.2) is 49.0 Å². The maximum absolute atomic E-state index is 9.14. The highest BCUT2D eigenvalue weighted by Crippen LogP contribution is 2.34. The van der Waals surface area contributed by atoms with E-state index in [0.717, 1.165) is 44.7 Å². The van der Waals surface area contributed by atoms with Crippen LogP contribution >= 0.6 is 0 Å². The van der Waals surface area contributed by atoms with Gasteiger partial charge in [-0.25, -0.2) is 0 Å². The van der Waals surface area contributed by atoms with E-state index in [1.165, 1.54) is 12.8 Å². The first kappa shape index (κ1) is 16.6. The van der Waals surface area contributed by atoms with Gasteiger partial charge in [0, 0.05) is 19.7 Å². The fraction of sp³-hybridized carbons (Fsp3) is 0.938. The molecule has 5 nitrogen and oxygen atoms in total. The van der Waals surface area contributed by atoms with Crippen molar-refractivity contribution in [2.75, 3.05) is 19.7 Å². The van der Waals surface area contributed by atoms with Gasteiger partial charge in [0.15, 0.2) is 5.96 Å². The first-order valence-electron chi connectivity index (χ1n) is 8.57. The number of aliphatic imine (C=N–C) groups is 1. The van der Waals surface area contributed by atoms with Crippen LogP contribution in [-0.2, 0) is 4.74 Å². The average molecular weight is 297 g/mol. The van der Waals surface area contributed by atoms with Crippen LogP contribution in [0.4, 0.5) is 0 Å². The Morgan fingerprint density at radius 1 is 1.33 bits per heavy atom. The Balaban J connectivity index is 1.86. The molecule has 0 radical (unpaired) electrons. The van der Waals surface area contributed by atoms with E-state index in [9.17, 15) is 0 Å². The zero-order valence-electron chi connectivity index (χ0n) is 13.5. The highest BCUT2D eigenvalue weighted by Gasteiger charge is 2.41. The van der Waals surface area contributed by atoms with E-state index in [2.05, 4.69) is 24.5 Å². The second kappa shape index (κ2) is 8.59. The Hall–Kier alpha value is -0.810. The van der Waals surface area contributed by atoms with Gasteiger partial charge < -0.3 is 20.5 Å². The largest absolute Gasteiger partial charge is 0.396 e. The minimum atomic E-state index is 0.254. The number of aliphatic hydroxyl groups excluding tert-OH is 1. The van der Waals surface area contributed by atoms with Gasteiger partial charge in [0.2, 0.25) is 0 Å². The summed E-state index contributed by atoms with van der Waals surface area (Å²) < 4.78 is 5.89. The molecule has 2 fully saturated rings. The summed E-state index contributed by atoms with van der Waals surface area (Å²) in [6.45, 7) is 6.18. The zero-order chi connectivity index (χ0) is 15.1. The monoisotopic (exact) mass is 297 g/mol. The van der Waals surface area contributed by atoms with Crippen molar-refractivity contribution in [1.82, 2.24) is 10.6 Å². The van der Waals surface area contributed by atoms with Crippen molar-refractivity contribution in [2.24, 2.45) is 10.9 Å². The van der Waals surface area contributed by atoms with E-state index in [1.54, 1.807) is 0 Å². The molecule has 2 saturated heterocycles. The van der Waals surface area contributed by atoms with Crippen molar-refractivity contribution in [2.45, 2.75) is 70.6 Å². The van der Waals surface area contributed by atoms with Gasteiger partial charge in [0.25, 0.3) is 0 Å². The fourth-order valence-electron chi connectivity index (χ4n) is 3.42. The van der Waals surface area contributed by atoms with E-state index in [1.807, 2.05) is 0 Å². The first-order valence-corrected chi connectivity index (χ1v) is 8.57. The highest BCUT2D eigenvalue weighted by molar-refractivity contribution is 5.80. The lowest BCUT2D eigenvalue weighted by molar-refractivity contribution is 0.0992. The number of aliphatic hydroxyl groups is 1. The number of rotatable bonds is 8. The minimum Gasteiger partial charge on any atom is -0.396 e. The molecule has 0 aromatic heterocycles. The molecular formula is C16H31N3O2. The lowest BCUT2D eigenvalue weighted by atomic mass is 9.96. The van der Waals surface area contributed by atoms with Crippen LogP contribution in [0.1, 0.15) is 52.4 Å². The van der Waals surface area contributed by atoms with Crippen LogP contribution in [0.2, 0.25) is 0 Å². The number of guanidine groups is 1. The predicted molar refractivity (Wildman–Crippen MR) is 85.5 cm³/mol. The smallest absolute Gasteiger partial charge is 0.191 e. The van der Waals surface area contributed by atoms with Crippen molar-refractivity contribution in [3.8, 4) is 0 Å². The molecule has 0 saturated carbocycles. The Labute approximate surface area is 128 Å². The molecule has 0 aliphatic carbocycles. The maximum atomic E-state index is 9.14. The molecule has 3 N–H and O–H groups in total. The summed E-state index contributed by atoms with van der Waals surface area (Å²) in [5.74, 6) is 1.38. The summed E-state index contributed by atoms with van der Waals surface area (Å²) in [5.41, 5.74) is 0. The molecular weight excluding hydrogens is 266 g/mol. The molecule has 0 amide bonds. The minimum absolute atomic E-state index is 0.254. The molecule has 2 aliphatic rings. The molecule has 0 aromatic carbocycles. The van der Waals surface area contributed by atoms with E-state index in [0.29, 0.717) is 24.2 Å². The van der Waals surface area contributed by atoms with Crippen molar-refractivity contribution in [3.05, 3.63) is 0 Å². The Morgan fingerprint density at radius 2 is 2.19 bits per heavy atom. The SMILES string of the molecule is CCCC(CCO)CN=C(NCC)NC1CC2CCC1O2.